The van der Waals surface area contributed by atoms with Gasteiger partial charge in [0, 0.05) is 12.4 Å². The molecule has 2 aliphatic carbocycles. The number of nitrogens with zero attached hydrogens (tertiary/aromatic N) is 1. The Bertz CT molecular complexity index is 594. The van der Waals surface area contributed by atoms with Crippen LogP contribution < -0.4 is 0 Å². The second-order valence-corrected chi connectivity index (χ2v) is 5.09. The molecule has 0 unspecified atom stereocenters. The van der Waals surface area contributed by atoms with Crippen molar-refractivity contribution >= 4 is 0 Å². The van der Waals surface area contributed by atoms with Crippen LogP contribution in [0.15, 0.2) is 42.7 Å². The number of aliphatic hydroxyl groups is 1. The summed E-state index contributed by atoms with van der Waals surface area (Å²) in [4.78, 5) is 4.18. The van der Waals surface area contributed by atoms with Crippen molar-refractivity contribution in [2.45, 2.75) is 24.4 Å². The Labute approximate surface area is 100.0 Å². The van der Waals surface area contributed by atoms with Gasteiger partial charge in [0.2, 0.25) is 0 Å². The summed E-state index contributed by atoms with van der Waals surface area (Å²) in [5, 5.41) is 11.0. The van der Waals surface area contributed by atoms with Crippen molar-refractivity contribution in [1.29, 1.82) is 0 Å². The van der Waals surface area contributed by atoms with Crippen LogP contribution in [0.5, 0.6) is 0 Å². The van der Waals surface area contributed by atoms with Crippen LogP contribution in [0.4, 0.5) is 0 Å². The van der Waals surface area contributed by atoms with Crippen LogP contribution in [0.25, 0.3) is 0 Å². The predicted octanol–water partition coefficient (Wildman–Crippen LogP) is 2.36. The van der Waals surface area contributed by atoms with E-state index in [9.17, 15) is 5.11 Å². The lowest BCUT2D eigenvalue weighted by atomic mass is 9.79. The Kier molecular flexibility index (Phi) is 1.63. The van der Waals surface area contributed by atoms with Crippen molar-refractivity contribution in [3.05, 3.63) is 65.0 Å². The van der Waals surface area contributed by atoms with E-state index in [0.29, 0.717) is 5.92 Å². The number of benzene rings is 1. The molecule has 0 saturated carbocycles. The van der Waals surface area contributed by atoms with Crippen molar-refractivity contribution < 1.29 is 5.11 Å². The summed E-state index contributed by atoms with van der Waals surface area (Å²) in [6.45, 7) is 0. The van der Waals surface area contributed by atoms with Crippen LogP contribution in [0.2, 0.25) is 0 Å². The monoisotopic (exact) mass is 223 g/mol. The van der Waals surface area contributed by atoms with E-state index in [1.807, 2.05) is 18.3 Å². The molecule has 2 nitrogen and oxygen atoms in total. The summed E-state index contributed by atoms with van der Waals surface area (Å²) in [6.07, 6.45) is 5.50. The number of pyridine rings is 1. The standard InChI is InChI=1S/C15H13NO/c17-15-8-10(12-3-1-2-4-14(12)15)7-11-9-16-6-5-13(11)15/h1-6,9-10,17H,7-8H2/t10-,15+/m0/s1. The Hall–Kier alpha value is -1.67. The molecule has 1 N–H and O–H groups in total. The van der Waals surface area contributed by atoms with Gasteiger partial charge in [-0.25, -0.2) is 0 Å². The van der Waals surface area contributed by atoms with E-state index in [1.165, 1.54) is 11.1 Å². The molecule has 0 saturated heterocycles. The summed E-state index contributed by atoms with van der Waals surface area (Å²) in [7, 11) is 0. The van der Waals surface area contributed by atoms with Gasteiger partial charge in [-0.3, -0.25) is 4.98 Å². The smallest absolute Gasteiger partial charge is 0.116 e. The van der Waals surface area contributed by atoms with E-state index in [-0.39, 0.29) is 0 Å². The van der Waals surface area contributed by atoms with E-state index < -0.39 is 5.60 Å². The van der Waals surface area contributed by atoms with Crippen molar-refractivity contribution in [3.8, 4) is 0 Å². The molecule has 0 radical (unpaired) electrons. The van der Waals surface area contributed by atoms with Gasteiger partial charge in [0.15, 0.2) is 0 Å². The highest BCUT2D eigenvalue weighted by molar-refractivity contribution is 5.53. The van der Waals surface area contributed by atoms with Gasteiger partial charge in [0.25, 0.3) is 0 Å². The maximum atomic E-state index is 11.0. The summed E-state index contributed by atoms with van der Waals surface area (Å²) < 4.78 is 0. The molecule has 0 fully saturated rings. The number of aromatic nitrogens is 1. The SMILES string of the molecule is O[C@]12C[C@H](Cc3cnccc31)c1ccccc12. The van der Waals surface area contributed by atoms with Crippen molar-refractivity contribution in [2.75, 3.05) is 0 Å². The lowest BCUT2D eigenvalue weighted by Gasteiger charge is -2.31. The number of fused-ring (bicyclic) bond motifs is 7. The van der Waals surface area contributed by atoms with Gasteiger partial charge >= 0.3 is 0 Å². The Morgan fingerprint density at radius 1 is 1.18 bits per heavy atom. The number of hydrogen-bond acceptors (Lipinski definition) is 2. The summed E-state index contributed by atoms with van der Waals surface area (Å²) in [5.74, 6) is 0.452. The molecule has 1 aromatic heterocycles. The summed E-state index contributed by atoms with van der Waals surface area (Å²) in [5.41, 5.74) is 3.87. The fourth-order valence-corrected chi connectivity index (χ4v) is 3.50. The zero-order valence-corrected chi connectivity index (χ0v) is 9.43. The molecular formula is C15H13NO. The quantitative estimate of drug-likeness (QED) is 0.743. The van der Waals surface area contributed by atoms with Gasteiger partial charge in [0.05, 0.1) is 0 Å². The molecule has 1 heterocycles. The van der Waals surface area contributed by atoms with Crippen LogP contribution >= 0.6 is 0 Å². The van der Waals surface area contributed by atoms with Gasteiger partial charge in [-0.1, -0.05) is 24.3 Å². The minimum absolute atomic E-state index is 0.452. The molecule has 2 aliphatic rings. The van der Waals surface area contributed by atoms with Crippen LogP contribution in [0.3, 0.4) is 0 Å². The highest BCUT2D eigenvalue weighted by atomic mass is 16.3. The maximum absolute atomic E-state index is 11.0. The molecule has 2 bridgehead atoms. The Balaban J connectivity index is 2.05. The lowest BCUT2D eigenvalue weighted by molar-refractivity contribution is 0.0699. The predicted molar refractivity (Wildman–Crippen MR) is 64.7 cm³/mol. The minimum Gasteiger partial charge on any atom is -0.380 e. The normalized spacial score (nSPS) is 28.6. The molecule has 4 rings (SSSR count). The van der Waals surface area contributed by atoms with Gasteiger partial charge in [-0.05, 0) is 47.1 Å². The van der Waals surface area contributed by atoms with Crippen molar-refractivity contribution in [2.24, 2.45) is 0 Å². The van der Waals surface area contributed by atoms with E-state index in [0.717, 1.165) is 24.0 Å². The van der Waals surface area contributed by atoms with E-state index in [4.69, 9.17) is 0 Å². The average Bonchev–Trinajstić information content (AvgIpc) is 2.61. The molecule has 1 aromatic carbocycles. The molecule has 0 amide bonds. The summed E-state index contributed by atoms with van der Waals surface area (Å²) >= 11 is 0. The highest BCUT2D eigenvalue weighted by Crippen LogP contribution is 2.53. The Morgan fingerprint density at radius 2 is 2.06 bits per heavy atom. The van der Waals surface area contributed by atoms with Crippen LogP contribution in [-0.2, 0) is 12.0 Å². The van der Waals surface area contributed by atoms with E-state index in [2.05, 4.69) is 23.2 Å². The van der Waals surface area contributed by atoms with Crippen molar-refractivity contribution in [1.82, 2.24) is 4.98 Å². The Morgan fingerprint density at radius 3 is 3.00 bits per heavy atom. The third-order valence-electron chi connectivity index (χ3n) is 4.20. The average molecular weight is 223 g/mol. The minimum atomic E-state index is -0.780. The first-order valence-corrected chi connectivity index (χ1v) is 6.04. The van der Waals surface area contributed by atoms with Crippen LogP contribution in [-0.4, -0.2) is 10.1 Å². The molecule has 84 valence electrons. The molecular weight excluding hydrogens is 210 g/mol. The number of rotatable bonds is 0. The van der Waals surface area contributed by atoms with E-state index >= 15 is 0 Å². The fraction of sp³-hybridized carbons (Fsp3) is 0.267. The highest BCUT2D eigenvalue weighted by Gasteiger charge is 2.47. The van der Waals surface area contributed by atoms with Crippen LogP contribution in [0.1, 0.15) is 34.6 Å². The number of hydrogen-bond donors (Lipinski definition) is 1. The first-order valence-electron chi connectivity index (χ1n) is 6.04. The zero-order chi connectivity index (χ0) is 11.5. The molecule has 0 spiro atoms. The fourth-order valence-electron chi connectivity index (χ4n) is 3.50. The third-order valence-corrected chi connectivity index (χ3v) is 4.20. The summed E-state index contributed by atoms with van der Waals surface area (Å²) in [6, 6.07) is 10.2. The molecule has 2 aromatic rings. The first-order chi connectivity index (χ1) is 8.29. The van der Waals surface area contributed by atoms with Crippen LogP contribution in [0, 0.1) is 0 Å². The van der Waals surface area contributed by atoms with Crippen molar-refractivity contribution in [3.63, 3.8) is 0 Å². The van der Waals surface area contributed by atoms with Gasteiger partial charge < -0.3 is 5.11 Å². The van der Waals surface area contributed by atoms with E-state index in [1.54, 1.807) is 6.20 Å². The first kappa shape index (κ1) is 9.37. The zero-order valence-electron chi connectivity index (χ0n) is 9.43. The maximum Gasteiger partial charge on any atom is 0.116 e. The third kappa shape index (κ3) is 1.06. The van der Waals surface area contributed by atoms with Gasteiger partial charge in [0.1, 0.15) is 5.60 Å². The largest absolute Gasteiger partial charge is 0.380 e. The second-order valence-electron chi connectivity index (χ2n) is 5.09. The molecule has 17 heavy (non-hydrogen) atoms. The lowest BCUT2D eigenvalue weighted by Crippen LogP contribution is -2.29. The van der Waals surface area contributed by atoms with Gasteiger partial charge in [-0.2, -0.15) is 0 Å². The second kappa shape index (κ2) is 2.96. The molecule has 2 atom stereocenters. The molecule has 2 heteroatoms. The van der Waals surface area contributed by atoms with Gasteiger partial charge in [-0.15, -0.1) is 0 Å². The molecule has 0 aliphatic heterocycles. The topological polar surface area (TPSA) is 33.1 Å².